The van der Waals surface area contributed by atoms with Crippen LogP contribution in [0.3, 0.4) is 0 Å². The van der Waals surface area contributed by atoms with E-state index in [0.29, 0.717) is 24.6 Å². The summed E-state index contributed by atoms with van der Waals surface area (Å²) in [7, 11) is 0. The normalized spacial score (nSPS) is 16.8. The number of carbonyl (C=O) groups excluding carboxylic acids is 2. The van der Waals surface area contributed by atoms with Crippen LogP contribution in [-0.2, 0) is 11.3 Å². The van der Waals surface area contributed by atoms with Crippen molar-refractivity contribution in [3.05, 3.63) is 65.4 Å². The van der Waals surface area contributed by atoms with Crippen molar-refractivity contribution in [2.24, 2.45) is 5.92 Å². The van der Waals surface area contributed by atoms with E-state index in [1.165, 1.54) is 18.5 Å². The van der Waals surface area contributed by atoms with E-state index in [2.05, 4.69) is 50.1 Å². The lowest BCUT2D eigenvalue weighted by molar-refractivity contribution is -0.123. The van der Waals surface area contributed by atoms with Crippen molar-refractivity contribution >= 4 is 28.4 Å². The highest BCUT2D eigenvalue weighted by Gasteiger charge is 2.27. The summed E-state index contributed by atoms with van der Waals surface area (Å²) >= 11 is 0. The second kappa shape index (κ2) is 10.5. The molecule has 2 amide bonds. The first-order valence-electron chi connectivity index (χ1n) is 12.8. The molecule has 0 spiro atoms. The molecule has 0 radical (unpaired) electrons. The van der Waals surface area contributed by atoms with Gasteiger partial charge in [-0.3, -0.25) is 9.59 Å². The topological polar surface area (TPSA) is 89.3 Å². The predicted octanol–water partition coefficient (Wildman–Crippen LogP) is 3.49. The van der Waals surface area contributed by atoms with Crippen molar-refractivity contribution in [1.82, 2.24) is 20.9 Å². The minimum absolute atomic E-state index is 0.126. The number of aryl methyl sites for hydroxylation is 1. The maximum atomic E-state index is 13.1. The van der Waals surface area contributed by atoms with Crippen LogP contribution in [-0.4, -0.2) is 49.0 Å². The number of nitrogens with one attached hydrogen (secondary N) is 4. The van der Waals surface area contributed by atoms with Gasteiger partial charge in [0.05, 0.1) is 0 Å². The maximum absolute atomic E-state index is 13.1. The molecule has 184 valence electrons. The van der Waals surface area contributed by atoms with Gasteiger partial charge in [0, 0.05) is 49.3 Å². The Morgan fingerprint density at radius 3 is 2.51 bits per heavy atom. The molecule has 2 heterocycles. The number of nitrogens with zero attached hydrogens (tertiary/aromatic N) is 1. The molecule has 1 atom stereocenters. The number of amides is 2. The van der Waals surface area contributed by atoms with Crippen molar-refractivity contribution < 1.29 is 9.59 Å². The van der Waals surface area contributed by atoms with Gasteiger partial charge in [0.25, 0.3) is 5.91 Å². The summed E-state index contributed by atoms with van der Waals surface area (Å²) in [5, 5.41) is 10.5. The highest BCUT2D eigenvalue weighted by atomic mass is 16.2. The average Bonchev–Trinajstić information content (AvgIpc) is 3.67. The quantitative estimate of drug-likeness (QED) is 0.383. The minimum atomic E-state index is -0.547. The number of rotatable bonds is 9. The van der Waals surface area contributed by atoms with E-state index in [-0.39, 0.29) is 11.8 Å². The van der Waals surface area contributed by atoms with Gasteiger partial charge >= 0.3 is 0 Å². The smallest absolute Gasteiger partial charge is 0.268 e. The Morgan fingerprint density at radius 2 is 1.80 bits per heavy atom. The largest absolute Gasteiger partial charge is 0.369 e. The molecule has 5 rings (SSSR count). The molecule has 1 aromatic heterocycles. The minimum Gasteiger partial charge on any atom is -0.369 e. The number of para-hydroxylation sites is 1. The monoisotopic (exact) mass is 473 g/mol. The zero-order valence-electron chi connectivity index (χ0n) is 20.4. The van der Waals surface area contributed by atoms with Crippen LogP contribution in [0, 0.1) is 12.8 Å². The Balaban J connectivity index is 1.22. The summed E-state index contributed by atoms with van der Waals surface area (Å²) in [5.74, 6) is 0.337. The predicted molar refractivity (Wildman–Crippen MR) is 140 cm³/mol. The molecule has 2 aromatic carbocycles. The van der Waals surface area contributed by atoms with Gasteiger partial charge in [0.1, 0.15) is 11.7 Å². The van der Waals surface area contributed by atoms with Crippen LogP contribution < -0.4 is 20.9 Å². The van der Waals surface area contributed by atoms with Crippen LogP contribution in [0.4, 0.5) is 5.69 Å². The van der Waals surface area contributed by atoms with E-state index in [9.17, 15) is 9.59 Å². The first kappa shape index (κ1) is 23.4. The number of piperazine rings is 1. The molecule has 0 bridgehead atoms. The highest BCUT2D eigenvalue weighted by Crippen LogP contribution is 2.34. The van der Waals surface area contributed by atoms with Gasteiger partial charge in [0.2, 0.25) is 5.91 Å². The number of H-pyrrole nitrogens is 1. The molecule has 1 aliphatic heterocycles. The molecule has 1 saturated heterocycles. The molecule has 1 saturated carbocycles. The third-order valence-corrected chi connectivity index (χ3v) is 7.26. The number of aromatic amines is 1. The van der Waals surface area contributed by atoms with Gasteiger partial charge in [0.15, 0.2) is 0 Å². The summed E-state index contributed by atoms with van der Waals surface area (Å²) in [6.07, 6.45) is 4.07. The Kier molecular flexibility index (Phi) is 7.04. The molecule has 7 nitrogen and oxygen atoms in total. The van der Waals surface area contributed by atoms with Gasteiger partial charge in [-0.05, 0) is 55.0 Å². The van der Waals surface area contributed by atoms with E-state index in [0.717, 1.165) is 54.6 Å². The van der Waals surface area contributed by atoms with Gasteiger partial charge in [-0.1, -0.05) is 43.2 Å². The summed E-state index contributed by atoms with van der Waals surface area (Å²) in [4.78, 5) is 31.9. The first-order chi connectivity index (χ1) is 17.1. The lowest BCUT2D eigenvalue weighted by atomic mass is 10.1. The standard InChI is InChI=1S/C28H35N5O2/c1-19-23-4-2-3-5-24(23)31-26(19)28(35)32-25(13-10-20-6-7-20)27(34)30-18-21-8-11-22(12-9-21)33-16-14-29-15-17-33/h2-5,8-9,11-12,20,25,29,31H,6-7,10,13-18H2,1H3,(H,30,34)(H,32,35). The Bertz CT molecular complexity index is 1180. The Hall–Kier alpha value is -3.32. The molecular formula is C28H35N5O2. The molecule has 1 aliphatic carbocycles. The van der Waals surface area contributed by atoms with Crippen LogP contribution in [0.5, 0.6) is 0 Å². The number of carbonyl (C=O) groups is 2. The van der Waals surface area contributed by atoms with Crippen LogP contribution in [0.15, 0.2) is 48.5 Å². The lowest BCUT2D eigenvalue weighted by Gasteiger charge is -2.29. The van der Waals surface area contributed by atoms with Crippen molar-refractivity contribution in [3.63, 3.8) is 0 Å². The molecule has 35 heavy (non-hydrogen) atoms. The summed E-state index contributed by atoms with van der Waals surface area (Å²) in [5.41, 5.74) is 4.63. The summed E-state index contributed by atoms with van der Waals surface area (Å²) in [6.45, 7) is 6.41. The second-order valence-electron chi connectivity index (χ2n) is 9.84. The van der Waals surface area contributed by atoms with E-state index in [1.54, 1.807) is 0 Å². The Morgan fingerprint density at radius 1 is 1.06 bits per heavy atom. The molecule has 2 fully saturated rings. The average molecular weight is 474 g/mol. The number of anilines is 1. The molecule has 4 N–H and O–H groups in total. The first-order valence-corrected chi connectivity index (χ1v) is 12.8. The van der Waals surface area contributed by atoms with E-state index < -0.39 is 6.04 Å². The third kappa shape index (κ3) is 5.68. The number of benzene rings is 2. The van der Waals surface area contributed by atoms with Gasteiger partial charge in [-0.15, -0.1) is 0 Å². The molecule has 1 unspecified atom stereocenters. The number of fused-ring (bicyclic) bond motifs is 1. The van der Waals surface area contributed by atoms with Crippen LogP contribution in [0.1, 0.15) is 47.3 Å². The van der Waals surface area contributed by atoms with E-state index >= 15 is 0 Å². The van der Waals surface area contributed by atoms with Crippen molar-refractivity contribution in [1.29, 1.82) is 0 Å². The van der Waals surface area contributed by atoms with Crippen LogP contribution in [0.2, 0.25) is 0 Å². The summed E-state index contributed by atoms with van der Waals surface area (Å²) in [6, 6.07) is 15.7. The second-order valence-corrected chi connectivity index (χ2v) is 9.84. The fraction of sp³-hybridized carbons (Fsp3) is 0.429. The molecule has 3 aromatic rings. The maximum Gasteiger partial charge on any atom is 0.268 e. The van der Waals surface area contributed by atoms with Crippen molar-refractivity contribution in [3.8, 4) is 0 Å². The fourth-order valence-corrected chi connectivity index (χ4v) is 4.88. The number of hydrogen-bond donors (Lipinski definition) is 4. The summed E-state index contributed by atoms with van der Waals surface area (Å²) < 4.78 is 0. The number of hydrogen-bond acceptors (Lipinski definition) is 4. The van der Waals surface area contributed by atoms with Crippen LogP contribution >= 0.6 is 0 Å². The Labute approximate surface area is 206 Å². The van der Waals surface area contributed by atoms with E-state index in [1.807, 2.05) is 31.2 Å². The highest BCUT2D eigenvalue weighted by molar-refractivity contribution is 6.02. The fourth-order valence-electron chi connectivity index (χ4n) is 4.88. The zero-order valence-corrected chi connectivity index (χ0v) is 20.4. The van der Waals surface area contributed by atoms with E-state index in [4.69, 9.17) is 0 Å². The molecule has 7 heteroatoms. The molecule has 2 aliphatic rings. The van der Waals surface area contributed by atoms with Crippen molar-refractivity contribution in [2.45, 2.75) is 45.2 Å². The van der Waals surface area contributed by atoms with Crippen molar-refractivity contribution in [2.75, 3.05) is 31.1 Å². The van der Waals surface area contributed by atoms with Gasteiger partial charge in [-0.25, -0.2) is 0 Å². The van der Waals surface area contributed by atoms with Gasteiger partial charge in [-0.2, -0.15) is 0 Å². The zero-order chi connectivity index (χ0) is 24.2. The van der Waals surface area contributed by atoms with Crippen LogP contribution in [0.25, 0.3) is 10.9 Å². The van der Waals surface area contributed by atoms with Gasteiger partial charge < -0.3 is 25.8 Å². The third-order valence-electron chi connectivity index (χ3n) is 7.26. The lowest BCUT2D eigenvalue weighted by Crippen LogP contribution is -2.46. The molecular weight excluding hydrogens is 438 g/mol. The SMILES string of the molecule is Cc1c(C(=O)NC(CCC2CC2)C(=O)NCc2ccc(N3CCNCC3)cc2)[nH]c2ccccc12. The number of aromatic nitrogens is 1.